The zero-order valence-corrected chi connectivity index (χ0v) is 12.8. The van der Waals surface area contributed by atoms with E-state index in [1.165, 1.54) is 5.56 Å². The summed E-state index contributed by atoms with van der Waals surface area (Å²) in [5.74, 6) is 1.35. The van der Waals surface area contributed by atoms with Crippen LogP contribution in [-0.4, -0.2) is 11.1 Å². The topological polar surface area (TPSA) is 22.1 Å². The van der Waals surface area contributed by atoms with Crippen molar-refractivity contribution in [1.82, 2.24) is 4.98 Å². The lowest BCUT2D eigenvalue weighted by atomic mass is 10.0. The first-order chi connectivity index (χ1) is 8.47. The summed E-state index contributed by atoms with van der Waals surface area (Å²) in [4.78, 5) is 4.58. The number of aromatic nitrogens is 1. The second-order valence-corrected chi connectivity index (χ2v) is 5.80. The highest BCUT2D eigenvalue weighted by Crippen LogP contribution is 2.29. The highest BCUT2D eigenvalue weighted by molar-refractivity contribution is 9.10. The zero-order chi connectivity index (χ0) is 13.3. The lowest BCUT2D eigenvalue weighted by molar-refractivity contribution is 0.243. The number of halogens is 1. The van der Waals surface area contributed by atoms with E-state index < -0.39 is 0 Å². The standard InChI is InChI=1S/C15H18BrNO/c1-9(2)13-8-11-7-12(18-10(3)4)5-6-14(11)17-15(13)16/h5-10H,1-4H3. The van der Waals surface area contributed by atoms with E-state index in [2.05, 4.69) is 46.9 Å². The van der Waals surface area contributed by atoms with Crippen LogP contribution >= 0.6 is 15.9 Å². The Morgan fingerprint density at radius 1 is 1.11 bits per heavy atom. The summed E-state index contributed by atoms with van der Waals surface area (Å²) >= 11 is 3.53. The first-order valence-electron chi connectivity index (χ1n) is 6.24. The van der Waals surface area contributed by atoms with Crippen LogP contribution in [-0.2, 0) is 0 Å². The zero-order valence-electron chi connectivity index (χ0n) is 11.2. The first-order valence-corrected chi connectivity index (χ1v) is 7.03. The molecule has 0 saturated carbocycles. The van der Waals surface area contributed by atoms with Crippen LogP contribution in [0.5, 0.6) is 5.75 Å². The van der Waals surface area contributed by atoms with Crippen LogP contribution in [0, 0.1) is 0 Å². The van der Waals surface area contributed by atoms with Crippen LogP contribution in [0.2, 0.25) is 0 Å². The van der Waals surface area contributed by atoms with E-state index in [1.54, 1.807) is 0 Å². The van der Waals surface area contributed by atoms with Crippen molar-refractivity contribution in [2.24, 2.45) is 0 Å². The Morgan fingerprint density at radius 2 is 1.83 bits per heavy atom. The number of pyridine rings is 1. The van der Waals surface area contributed by atoms with Crippen molar-refractivity contribution in [2.75, 3.05) is 0 Å². The quantitative estimate of drug-likeness (QED) is 0.752. The number of rotatable bonds is 3. The number of ether oxygens (including phenoxy) is 1. The molecule has 2 nitrogen and oxygen atoms in total. The van der Waals surface area contributed by atoms with Gasteiger partial charge in [0, 0.05) is 5.39 Å². The molecular formula is C15H18BrNO. The van der Waals surface area contributed by atoms with Crippen LogP contribution in [0.4, 0.5) is 0 Å². The highest BCUT2D eigenvalue weighted by Gasteiger charge is 2.09. The van der Waals surface area contributed by atoms with E-state index in [1.807, 2.05) is 26.0 Å². The normalized spacial score (nSPS) is 11.5. The molecule has 0 radical (unpaired) electrons. The Balaban J connectivity index is 2.51. The van der Waals surface area contributed by atoms with E-state index in [4.69, 9.17) is 4.74 Å². The van der Waals surface area contributed by atoms with Gasteiger partial charge < -0.3 is 4.74 Å². The maximum absolute atomic E-state index is 5.71. The monoisotopic (exact) mass is 307 g/mol. The molecule has 1 aromatic heterocycles. The number of hydrogen-bond donors (Lipinski definition) is 0. The molecule has 96 valence electrons. The molecule has 18 heavy (non-hydrogen) atoms. The first kappa shape index (κ1) is 13.3. The fraction of sp³-hybridized carbons (Fsp3) is 0.400. The Bertz CT molecular complexity index is 564. The summed E-state index contributed by atoms with van der Waals surface area (Å²) < 4.78 is 6.65. The second-order valence-electron chi connectivity index (χ2n) is 5.04. The molecule has 0 aliphatic carbocycles. The molecule has 0 unspecified atom stereocenters. The second kappa shape index (κ2) is 5.27. The van der Waals surface area contributed by atoms with Gasteiger partial charge in [-0.3, -0.25) is 0 Å². The molecular weight excluding hydrogens is 290 g/mol. The summed E-state index contributed by atoms with van der Waals surface area (Å²) in [6, 6.07) is 8.21. The van der Waals surface area contributed by atoms with Crippen molar-refractivity contribution >= 4 is 26.8 Å². The fourth-order valence-corrected chi connectivity index (χ4v) is 2.66. The minimum absolute atomic E-state index is 0.190. The number of nitrogens with zero attached hydrogens (tertiary/aromatic N) is 1. The lowest BCUT2D eigenvalue weighted by Crippen LogP contribution is -2.05. The van der Waals surface area contributed by atoms with Crippen molar-refractivity contribution in [2.45, 2.75) is 39.7 Å². The number of hydrogen-bond acceptors (Lipinski definition) is 2. The molecule has 2 aromatic rings. The smallest absolute Gasteiger partial charge is 0.120 e. The summed E-state index contributed by atoms with van der Waals surface area (Å²) in [6.07, 6.45) is 0.190. The third kappa shape index (κ3) is 2.83. The Kier molecular flexibility index (Phi) is 3.91. The third-order valence-corrected chi connectivity index (χ3v) is 3.40. The number of fused-ring (bicyclic) bond motifs is 1. The Hall–Kier alpha value is -1.09. The van der Waals surface area contributed by atoms with Crippen LogP contribution in [0.25, 0.3) is 10.9 Å². The molecule has 0 N–H and O–H groups in total. The molecule has 0 saturated heterocycles. The fourth-order valence-electron chi connectivity index (χ4n) is 1.90. The molecule has 0 atom stereocenters. The molecule has 0 amide bonds. The molecule has 2 rings (SSSR count). The van der Waals surface area contributed by atoms with Crippen LogP contribution in [0.15, 0.2) is 28.9 Å². The van der Waals surface area contributed by atoms with E-state index in [-0.39, 0.29) is 6.10 Å². The maximum atomic E-state index is 5.71. The predicted molar refractivity (Wildman–Crippen MR) is 79.3 cm³/mol. The van der Waals surface area contributed by atoms with Crippen molar-refractivity contribution in [1.29, 1.82) is 0 Å². The molecule has 0 spiro atoms. The van der Waals surface area contributed by atoms with E-state index in [0.717, 1.165) is 21.3 Å². The minimum atomic E-state index is 0.190. The van der Waals surface area contributed by atoms with Gasteiger partial charge in [0.15, 0.2) is 0 Å². The molecule has 0 fully saturated rings. The van der Waals surface area contributed by atoms with Gasteiger partial charge in [-0.2, -0.15) is 0 Å². The van der Waals surface area contributed by atoms with Crippen molar-refractivity contribution < 1.29 is 4.74 Å². The average molecular weight is 308 g/mol. The van der Waals surface area contributed by atoms with Gasteiger partial charge in [-0.25, -0.2) is 4.98 Å². The van der Waals surface area contributed by atoms with E-state index in [9.17, 15) is 0 Å². The third-order valence-electron chi connectivity index (χ3n) is 2.76. The van der Waals surface area contributed by atoms with Crippen molar-refractivity contribution in [3.8, 4) is 5.75 Å². The van der Waals surface area contributed by atoms with Crippen LogP contribution in [0.1, 0.15) is 39.2 Å². The van der Waals surface area contributed by atoms with Crippen molar-refractivity contribution in [3.63, 3.8) is 0 Å². The highest BCUT2D eigenvalue weighted by atomic mass is 79.9. The van der Waals surface area contributed by atoms with Gasteiger partial charge in [-0.15, -0.1) is 0 Å². The van der Waals surface area contributed by atoms with Gasteiger partial charge in [0.05, 0.1) is 11.6 Å². The lowest BCUT2D eigenvalue weighted by Gasteiger charge is -2.12. The Labute approximate surface area is 117 Å². The molecule has 3 heteroatoms. The maximum Gasteiger partial charge on any atom is 0.120 e. The molecule has 1 heterocycles. The van der Waals surface area contributed by atoms with Gasteiger partial charge in [-0.1, -0.05) is 13.8 Å². The minimum Gasteiger partial charge on any atom is -0.491 e. The SMILES string of the molecule is CC(C)Oc1ccc2nc(Br)c(C(C)C)cc2c1. The van der Waals surface area contributed by atoms with Crippen molar-refractivity contribution in [3.05, 3.63) is 34.4 Å². The molecule has 0 aliphatic rings. The van der Waals surface area contributed by atoms with Gasteiger partial charge in [-0.05, 0) is 65.5 Å². The van der Waals surface area contributed by atoms with Crippen LogP contribution in [0.3, 0.4) is 0 Å². The Morgan fingerprint density at radius 3 is 2.44 bits per heavy atom. The summed E-state index contributed by atoms with van der Waals surface area (Å²) in [5, 5.41) is 1.13. The summed E-state index contributed by atoms with van der Waals surface area (Å²) in [5.41, 5.74) is 2.21. The molecule has 0 aliphatic heterocycles. The van der Waals surface area contributed by atoms with E-state index in [0.29, 0.717) is 5.92 Å². The molecule has 1 aromatic carbocycles. The summed E-state index contributed by atoms with van der Waals surface area (Å²) in [7, 11) is 0. The van der Waals surface area contributed by atoms with Gasteiger partial charge in [0.1, 0.15) is 10.4 Å². The molecule has 0 bridgehead atoms. The van der Waals surface area contributed by atoms with Gasteiger partial charge >= 0.3 is 0 Å². The predicted octanol–water partition coefficient (Wildman–Crippen LogP) is 4.91. The summed E-state index contributed by atoms with van der Waals surface area (Å²) in [6.45, 7) is 8.40. The average Bonchev–Trinajstić information content (AvgIpc) is 2.27. The van der Waals surface area contributed by atoms with Crippen LogP contribution < -0.4 is 4.74 Å². The van der Waals surface area contributed by atoms with Gasteiger partial charge in [0.2, 0.25) is 0 Å². The van der Waals surface area contributed by atoms with Gasteiger partial charge in [0.25, 0.3) is 0 Å². The largest absolute Gasteiger partial charge is 0.491 e. The van der Waals surface area contributed by atoms with E-state index >= 15 is 0 Å². The number of benzene rings is 1.